The van der Waals surface area contributed by atoms with Gasteiger partial charge >= 0.3 is 0 Å². The zero-order valence-corrected chi connectivity index (χ0v) is 42.6. The van der Waals surface area contributed by atoms with Gasteiger partial charge < -0.3 is 14.5 Å². The Kier molecular flexibility index (Phi) is 11.0. The Balaban J connectivity index is 1.05. The van der Waals surface area contributed by atoms with Crippen LogP contribution < -0.4 is 29.8 Å². The van der Waals surface area contributed by atoms with Crippen molar-refractivity contribution in [1.29, 1.82) is 0 Å². The number of ether oxygens (including phenoxy) is 1. The first-order valence-corrected chi connectivity index (χ1v) is 27.1. The maximum absolute atomic E-state index is 6.92. The summed E-state index contributed by atoms with van der Waals surface area (Å²) in [5, 5.41) is 2.77. The van der Waals surface area contributed by atoms with Crippen molar-refractivity contribution in [2.24, 2.45) is 0 Å². The maximum atomic E-state index is 6.92. The molecule has 1 aromatic heterocycles. The Labute approximate surface area is 405 Å². The van der Waals surface area contributed by atoms with E-state index in [1.165, 1.54) is 60.7 Å². The summed E-state index contributed by atoms with van der Waals surface area (Å²) in [4.78, 5) is 12.3. The monoisotopic (exact) mass is 908 g/mol. The molecule has 0 atom stereocenters. The van der Waals surface area contributed by atoms with E-state index in [1.807, 2.05) is 6.20 Å². The molecule has 0 bridgehead atoms. The van der Waals surface area contributed by atoms with E-state index >= 15 is 0 Å². The molecule has 7 aromatic carbocycles. The van der Waals surface area contributed by atoms with Crippen LogP contribution in [0, 0.1) is 0 Å². The molecule has 5 nitrogen and oxygen atoms in total. The maximum Gasteiger partial charge on any atom is 0.137 e. The van der Waals surface area contributed by atoms with E-state index in [4.69, 9.17) is 9.72 Å². The van der Waals surface area contributed by atoms with Gasteiger partial charge in [-0.05, 0) is 103 Å². The molecular formula is C62H64N4OSi. The predicted molar refractivity (Wildman–Crippen MR) is 291 cm³/mol. The first-order chi connectivity index (χ1) is 32.4. The number of aromatic nitrogens is 1. The molecule has 0 saturated carbocycles. The summed E-state index contributed by atoms with van der Waals surface area (Å²) in [7, 11) is -2.08. The van der Waals surface area contributed by atoms with Crippen molar-refractivity contribution < 1.29 is 4.74 Å². The van der Waals surface area contributed by atoms with Gasteiger partial charge in [-0.1, -0.05) is 185 Å². The van der Waals surface area contributed by atoms with Gasteiger partial charge in [-0.3, -0.25) is 4.90 Å². The Morgan fingerprint density at radius 3 is 1.71 bits per heavy atom. The molecule has 0 N–H and O–H groups in total. The molecule has 0 fully saturated rings. The van der Waals surface area contributed by atoms with Crippen molar-refractivity contribution in [2.75, 3.05) is 21.4 Å². The average molecular weight is 909 g/mol. The van der Waals surface area contributed by atoms with E-state index in [0.29, 0.717) is 6.67 Å². The Morgan fingerprint density at radius 1 is 0.456 bits per heavy atom. The summed E-state index contributed by atoms with van der Waals surface area (Å²) in [5.74, 6) is 2.49. The standard InChI is InChI=1S/C62H64N4OSi/c1-60(2,3)44-33-34-63-58(38-44)66-54-29-17-18-30-56(54)68(10,11)57-32-31-49(40-55(57)66)67-48-24-19-23-47(39-48)64-41-65(53-28-16-15-27-52(53)64)59-50(42-21-13-12-14-22-42)25-20-26-51(59)43-35-45(61(4,5)6)37-46(36-43)62(7,8)9/h12-40H,41H2,1-11H3. The highest BCUT2D eigenvalue weighted by molar-refractivity contribution is 7.02. The molecule has 0 aliphatic carbocycles. The summed E-state index contributed by atoms with van der Waals surface area (Å²) in [6.45, 7) is 26.2. The van der Waals surface area contributed by atoms with Gasteiger partial charge in [0, 0.05) is 40.8 Å². The normalized spacial score (nSPS) is 14.4. The molecule has 342 valence electrons. The fraction of sp³-hybridized carbons (Fsp3) is 0.242. The van der Waals surface area contributed by atoms with Crippen molar-refractivity contribution >= 4 is 58.4 Å². The summed E-state index contributed by atoms with van der Waals surface area (Å²) in [5.41, 5.74) is 15.6. The second-order valence-electron chi connectivity index (χ2n) is 22.3. The summed E-state index contributed by atoms with van der Waals surface area (Å²) in [6, 6.07) is 62.3. The van der Waals surface area contributed by atoms with Gasteiger partial charge in [0.25, 0.3) is 0 Å². The minimum atomic E-state index is -2.08. The van der Waals surface area contributed by atoms with Gasteiger partial charge in [-0.25, -0.2) is 4.98 Å². The number of anilines is 7. The molecule has 6 heteroatoms. The summed E-state index contributed by atoms with van der Waals surface area (Å²) >= 11 is 0. The van der Waals surface area contributed by atoms with Crippen LogP contribution in [0.4, 0.5) is 39.9 Å². The Bertz CT molecular complexity index is 3160. The quantitative estimate of drug-likeness (QED) is 0.149. The van der Waals surface area contributed by atoms with Crippen molar-refractivity contribution in [3.8, 4) is 33.8 Å². The van der Waals surface area contributed by atoms with Crippen molar-refractivity contribution in [1.82, 2.24) is 4.98 Å². The largest absolute Gasteiger partial charge is 0.457 e. The third-order valence-electron chi connectivity index (χ3n) is 14.0. The fourth-order valence-electron chi connectivity index (χ4n) is 10.1. The molecule has 2 aliphatic rings. The SMILES string of the molecule is CC(C)(C)c1cc(-c2cccc(-c3ccccc3)c2N2CN(c3cccc(Oc4ccc5c(c4)N(c4cc(C(C)(C)C)ccn4)c4ccccc4[Si]5(C)C)c3)c3ccccc32)cc(C(C)(C)C)c1. The number of fused-ring (bicyclic) bond motifs is 3. The van der Waals surface area contributed by atoms with Crippen LogP contribution in [0.3, 0.4) is 0 Å². The molecule has 10 rings (SSSR count). The zero-order chi connectivity index (χ0) is 47.8. The fourth-order valence-corrected chi connectivity index (χ4v) is 13.0. The molecule has 68 heavy (non-hydrogen) atoms. The summed E-state index contributed by atoms with van der Waals surface area (Å²) in [6.07, 6.45) is 1.95. The van der Waals surface area contributed by atoms with Gasteiger partial charge in [0.15, 0.2) is 0 Å². The first-order valence-electron chi connectivity index (χ1n) is 24.1. The number of benzene rings is 7. The lowest BCUT2D eigenvalue weighted by Gasteiger charge is -2.40. The van der Waals surface area contributed by atoms with E-state index in [-0.39, 0.29) is 16.2 Å². The van der Waals surface area contributed by atoms with Crippen LogP contribution in [-0.2, 0) is 16.2 Å². The second kappa shape index (κ2) is 16.7. The molecule has 8 aromatic rings. The molecular weight excluding hydrogens is 845 g/mol. The molecule has 3 heterocycles. The lowest BCUT2D eigenvalue weighted by Crippen LogP contribution is -2.58. The van der Waals surface area contributed by atoms with Crippen molar-refractivity contribution in [3.05, 3.63) is 193 Å². The number of pyridine rings is 1. The smallest absolute Gasteiger partial charge is 0.137 e. The first kappa shape index (κ1) is 44.9. The van der Waals surface area contributed by atoms with E-state index in [2.05, 4.69) is 260 Å². The minimum Gasteiger partial charge on any atom is -0.457 e. The summed E-state index contributed by atoms with van der Waals surface area (Å²) < 4.78 is 6.92. The topological polar surface area (TPSA) is 31.8 Å². The number of nitrogens with zero attached hydrogens (tertiary/aromatic N) is 4. The minimum absolute atomic E-state index is 0.0190. The van der Waals surface area contributed by atoms with E-state index in [0.717, 1.165) is 40.1 Å². The molecule has 2 aliphatic heterocycles. The third kappa shape index (κ3) is 8.19. The van der Waals surface area contributed by atoms with E-state index < -0.39 is 8.07 Å². The van der Waals surface area contributed by atoms with Crippen LogP contribution in [0.5, 0.6) is 11.5 Å². The van der Waals surface area contributed by atoms with Gasteiger partial charge in [-0.2, -0.15) is 0 Å². The Hall–Kier alpha value is -6.89. The van der Waals surface area contributed by atoms with E-state index in [1.54, 1.807) is 0 Å². The highest BCUT2D eigenvalue weighted by Gasteiger charge is 2.40. The van der Waals surface area contributed by atoms with Gasteiger partial charge in [0.05, 0.1) is 22.7 Å². The zero-order valence-electron chi connectivity index (χ0n) is 41.6. The van der Waals surface area contributed by atoms with Gasteiger partial charge in [0.1, 0.15) is 32.1 Å². The van der Waals surface area contributed by atoms with E-state index in [9.17, 15) is 0 Å². The number of hydrogen-bond donors (Lipinski definition) is 0. The number of para-hydroxylation sites is 4. The van der Waals surface area contributed by atoms with Crippen LogP contribution in [0.1, 0.15) is 79.0 Å². The molecule has 0 unspecified atom stereocenters. The van der Waals surface area contributed by atoms with Gasteiger partial charge in [-0.15, -0.1) is 0 Å². The highest BCUT2D eigenvalue weighted by Crippen LogP contribution is 2.51. The van der Waals surface area contributed by atoms with Crippen LogP contribution >= 0.6 is 0 Å². The van der Waals surface area contributed by atoms with Crippen LogP contribution in [0.15, 0.2) is 176 Å². The molecule has 0 radical (unpaired) electrons. The van der Waals surface area contributed by atoms with Crippen LogP contribution in [0.2, 0.25) is 13.1 Å². The third-order valence-corrected chi connectivity index (χ3v) is 17.6. The molecule has 0 saturated heterocycles. The molecule has 0 spiro atoms. The van der Waals surface area contributed by atoms with Crippen molar-refractivity contribution in [3.63, 3.8) is 0 Å². The van der Waals surface area contributed by atoms with Crippen molar-refractivity contribution in [2.45, 2.75) is 91.7 Å². The second-order valence-corrected chi connectivity index (χ2v) is 26.6. The van der Waals surface area contributed by atoms with Gasteiger partial charge in [0.2, 0.25) is 0 Å². The lowest BCUT2D eigenvalue weighted by atomic mass is 9.78. The Morgan fingerprint density at radius 2 is 1.03 bits per heavy atom. The predicted octanol–water partition coefficient (Wildman–Crippen LogP) is 16.0. The van der Waals surface area contributed by atoms with Crippen LogP contribution in [0.25, 0.3) is 22.3 Å². The average Bonchev–Trinajstić information content (AvgIpc) is 3.70. The number of rotatable bonds is 7. The lowest BCUT2D eigenvalue weighted by molar-refractivity contribution is 0.483. The highest BCUT2D eigenvalue weighted by atomic mass is 28.3. The number of hydrogen-bond acceptors (Lipinski definition) is 5. The van der Waals surface area contributed by atoms with Crippen LogP contribution in [-0.4, -0.2) is 19.7 Å². The molecule has 0 amide bonds.